The van der Waals surface area contributed by atoms with E-state index in [0.717, 1.165) is 5.69 Å². The van der Waals surface area contributed by atoms with Gasteiger partial charge in [0.25, 0.3) is 11.8 Å². The first-order valence-electron chi connectivity index (χ1n) is 6.25. The highest BCUT2D eigenvalue weighted by Gasteiger charge is 2.38. The third-order valence-corrected chi connectivity index (χ3v) is 3.01. The molecule has 0 fully saturated rings. The first kappa shape index (κ1) is 13.0. The third kappa shape index (κ3) is 2.29. The molecular formula is C14H11N3O4. The lowest BCUT2D eigenvalue weighted by atomic mass is 10.1. The second-order valence-corrected chi connectivity index (χ2v) is 4.57. The Labute approximate surface area is 119 Å². The van der Waals surface area contributed by atoms with Crippen LogP contribution in [-0.2, 0) is 16.2 Å². The fourth-order valence-corrected chi connectivity index (χ4v) is 2.06. The van der Waals surface area contributed by atoms with Crippen molar-refractivity contribution >= 4 is 17.8 Å². The number of nitrogens with zero attached hydrogens (tertiary/aromatic N) is 3. The van der Waals surface area contributed by atoms with E-state index in [9.17, 15) is 14.4 Å². The zero-order valence-electron chi connectivity index (χ0n) is 11.1. The Hall–Kier alpha value is -2.96. The van der Waals surface area contributed by atoms with E-state index in [1.54, 1.807) is 31.3 Å². The summed E-state index contributed by atoms with van der Waals surface area (Å²) in [5.74, 6) is -2.02. The normalized spacial score (nSPS) is 13.5. The minimum atomic E-state index is -0.743. The molecule has 0 N–H and O–H groups in total. The van der Waals surface area contributed by atoms with Crippen LogP contribution in [0.2, 0.25) is 0 Å². The van der Waals surface area contributed by atoms with E-state index >= 15 is 0 Å². The van der Waals surface area contributed by atoms with Gasteiger partial charge in [-0.2, -0.15) is 5.10 Å². The van der Waals surface area contributed by atoms with Crippen molar-refractivity contribution in [1.29, 1.82) is 0 Å². The molecule has 106 valence electrons. The van der Waals surface area contributed by atoms with Crippen LogP contribution in [-0.4, -0.2) is 32.6 Å². The molecule has 0 aliphatic carbocycles. The van der Waals surface area contributed by atoms with Crippen molar-refractivity contribution in [2.75, 3.05) is 0 Å². The summed E-state index contributed by atoms with van der Waals surface area (Å²) < 4.78 is 1.37. The Bertz CT molecular complexity index is 715. The highest BCUT2D eigenvalue weighted by molar-refractivity contribution is 6.20. The molecule has 2 heterocycles. The molecule has 1 aromatic heterocycles. The monoisotopic (exact) mass is 285 g/mol. The Morgan fingerprint density at radius 1 is 1.14 bits per heavy atom. The number of fused-ring (bicyclic) bond motifs is 1. The maximum atomic E-state index is 12.0. The van der Waals surface area contributed by atoms with E-state index in [0.29, 0.717) is 5.06 Å². The maximum absolute atomic E-state index is 12.0. The number of hydroxylamine groups is 2. The number of imide groups is 1. The number of aryl methyl sites for hydroxylation is 1. The maximum Gasteiger partial charge on any atom is 0.354 e. The summed E-state index contributed by atoms with van der Waals surface area (Å²) in [5.41, 5.74) is 1.21. The van der Waals surface area contributed by atoms with Gasteiger partial charge in [-0.1, -0.05) is 17.2 Å². The van der Waals surface area contributed by atoms with Gasteiger partial charge in [0.15, 0.2) is 0 Å². The zero-order valence-corrected chi connectivity index (χ0v) is 11.1. The van der Waals surface area contributed by atoms with Crippen molar-refractivity contribution in [3.8, 4) is 0 Å². The summed E-state index contributed by atoms with van der Waals surface area (Å²) in [5, 5.41) is 4.52. The van der Waals surface area contributed by atoms with E-state index in [2.05, 4.69) is 5.10 Å². The number of rotatable bonds is 3. The highest BCUT2D eigenvalue weighted by Crippen LogP contribution is 2.22. The van der Waals surface area contributed by atoms with E-state index < -0.39 is 17.8 Å². The van der Waals surface area contributed by atoms with Gasteiger partial charge >= 0.3 is 5.97 Å². The molecule has 0 saturated heterocycles. The highest BCUT2D eigenvalue weighted by atomic mass is 16.7. The minimum Gasteiger partial charge on any atom is -0.328 e. The molecule has 1 aliphatic heterocycles. The predicted molar refractivity (Wildman–Crippen MR) is 70.0 cm³/mol. The first-order valence-corrected chi connectivity index (χ1v) is 6.25. The SMILES string of the molecule is Cc1ccn(CC(=O)ON2C(=O)c3ccccc3C2=O)n1. The first-order chi connectivity index (χ1) is 10.1. The summed E-state index contributed by atoms with van der Waals surface area (Å²) >= 11 is 0. The van der Waals surface area contributed by atoms with Crippen LogP contribution in [0.1, 0.15) is 26.4 Å². The number of amides is 2. The van der Waals surface area contributed by atoms with E-state index in [-0.39, 0.29) is 17.7 Å². The second-order valence-electron chi connectivity index (χ2n) is 4.57. The Kier molecular flexibility index (Phi) is 3.02. The van der Waals surface area contributed by atoms with Gasteiger partial charge < -0.3 is 4.84 Å². The van der Waals surface area contributed by atoms with Gasteiger partial charge in [0.1, 0.15) is 6.54 Å². The van der Waals surface area contributed by atoms with Gasteiger partial charge in [0.2, 0.25) is 0 Å². The summed E-state index contributed by atoms with van der Waals surface area (Å²) in [6, 6.07) is 8.04. The van der Waals surface area contributed by atoms with Crippen molar-refractivity contribution in [3.63, 3.8) is 0 Å². The molecule has 0 saturated carbocycles. The number of hydrogen-bond donors (Lipinski definition) is 0. The molecule has 2 aromatic rings. The van der Waals surface area contributed by atoms with Gasteiger partial charge in [-0.15, -0.1) is 0 Å². The van der Waals surface area contributed by atoms with Gasteiger partial charge in [-0.05, 0) is 25.1 Å². The minimum absolute atomic E-state index is 0.179. The molecule has 2 amide bonds. The average molecular weight is 285 g/mol. The van der Waals surface area contributed by atoms with Gasteiger partial charge in [0.05, 0.1) is 16.8 Å². The molecular weight excluding hydrogens is 274 g/mol. The van der Waals surface area contributed by atoms with Crippen LogP contribution >= 0.6 is 0 Å². The van der Waals surface area contributed by atoms with Crippen LogP contribution in [0.15, 0.2) is 36.5 Å². The van der Waals surface area contributed by atoms with Gasteiger partial charge in [-0.3, -0.25) is 14.3 Å². The summed E-state index contributed by atoms with van der Waals surface area (Å²) in [7, 11) is 0. The molecule has 0 atom stereocenters. The van der Waals surface area contributed by atoms with Crippen LogP contribution in [0.25, 0.3) is 0 Å². The lowest BCUT2D eigenvalue weighted by Crippen LogP contribution is -2.34. The topological polar surface area (TPSA) is 81.5 Å². The van der Waals surface area contributed by atoms with E-state index in [4.69, 9.17) is 4.84 Å². The molecule has 3 rings (SSSR count). The van der Waals surface area contributed by atoms with Crippen LogP contribution in [0.5, 0.6) is 0 Å². The largest absolute Gasteiger partial charge is 0.354 e. The summed E-state index contributed by atoms with van der Waals surface area (Å²) in [6.45, 7) is 1.60. The molecule has 7 heteroatoms. The molecule has 0 spiro atoms. The number of carbonyl (C=O) groups is 3. The van der Waals surface area contributed by atoms with Crippen molar-refractivity contribution in [2.24, 2.45) is 0 Å². The zero-order chi connectivity index (χ0) is 15.0. The van der Waals surface area contributed by atoms with E-state index in [1.807, 2.05) is 0 Å². The fourth-order valence-electron chi connectivity index (χ4n) is 2.06. The van der Waals surface area contributed by atoms with Gasteiger partial charge in [0, 0.05) is 6.20 Å². The van der Waals surface area contributed by atoms with Crippen LogP contribution in [0.3, 0.4) is 0 Å². The van der Waals surface area contributed by atoms with E-state index in [1.165, 1.54) is 16.8 Å². The van der Waals surface area contributed by atoms with Crippen LogP contribution in [0.4, 0.5) is 0 Å². The van der Waals surface area contributed by atoms with Crippen LogP contribution in [0, 0.1) is 6.92 Å². The summed E-state index contributed by atoms with van der Waals surface area (Å²) in [4.78, 5) is 40.7. The fraction of sp³-hybridized carbons (Fsp3) is 0.143. The van der Waals surface area contributed by atoms with Crippen molar-refractivity contribution < 1.29 is 19.2 Å². The third-order valence-electron chi connectivity index (χ3n) is 3.01. The standard InChI is InChI=1S/C14H11N3O4/c1-9-6-7-16(15-9)8-12(18)21-17-13(19)10-4-2-3-5-11(10)14(17)20/h2-7H,8H2,1H3. The molecule has 0 bridgehead atoms. The Balaban J connectivity index is 1.73. The Morgan fingerprint density at radius 3 is 2.29 bits per heavy atom. The Morgan fingerprint density at radius 2 is 1.76 bits per heavy atom. The molecule has 0 unspecified atom stereocenters. The van der Waals surface area contributed by atoms with Crippen molar-refractivity contribution in [1.82, 2.24) is 14.8 Å². The number of benzene rings is 1. The number of carbonyl (C=O) groups excluding carboxylic acids is 3. The molecule has 7 nitrogen and oxygen atoms in total. The number of aromatic nitrogens is 2. The predicted octanol–water partition coefficient (Wildman–Crippen LogP) is 0.946. The second kappa shape index (κ2) is 4.86. The molecule has 1 aromatic carbocycles. The molecule has 21 heavy (non-hydrogen) atoms. The number of hydrogen-bond acceptors (Lipinski definition) is 5. The molecule has 1 aliphatic rings. The average Bonchev–Trinajstić information content (AvgIpc) is 2.97. The van der Waals surface area contributed by atoms with Crippen LogP contribution < -0.4 is 0 Å². The van der Waals surface area contributed by atoms with Crippen molar-refractivity contribution in [3.05, 3.63) is 53.3 Å². The quantitative estimate of drug-likeness (QED) is 0.784. The summed E-state index contributed by atoms with van der Waals surface area (Å²) in [6.07, 6.45) is 1.61. The lowest BCUT2D eigenvalue weighted by molar-refractivity contribution is -0.169. The smallest absolute Gasteiger partial charge is 0.328 e. The lowest BCUT2D eigenvalue weighted by Gasteiger charge is -2.12. The van der Waals surface area contributed by atoms with Gasteiger partial charge in [-0.25, -0.2) is 4.79 Å². The van der Waals surface area contributed by atoms with Crippen molar-refractivity contribution in [2.45, 2.75) is 13.5 Å². The molecule has 0 radical (unpaired) electrons.